The molecule has 0 aromatic carbocycles. The molecule has 5 rings (SSSR count). The molecule has 0 spiro atoms. The Bertz CT molecular complexity index is 2040. The number of ether oxygens (including phenoxy) is 7. The third-order valence-electron chi connectivity index (χ3n) is 17.0. The number of carbonyl (C=O) groups excluding carboxylic acids is 5. The van der Waals surface area contributed by atoms with Crippen molar-refractivity contribution < 1.29 is 72.5 Å². The maximum absolute atomic E-state index is 14.6. The van der Waals surface area contributed by atoms with E-state index in [0.29, 0.717) is 63.2 Å². The summed E-state index contributed by atoms with van der Waals surface area (Å²) in [6.45, 7) is 18.7. The lowest BCUT2D eigenvalue weighted by Gasteiger charge is -2.43. The van der Waals surface area contributed by atoms with Crippen molar-refractivity contribution in [3.8, 4) is 0 Å². The van der Waals surface area contributed by atoms with Crippen molar-refractivity contribution in [1.82, 2.24) is 9.80 Å². The molecule has 3 saturated heterocycles. The van der Waals surface area contributed by atoms with Crippen LogP contribution in [0.2, 0.25) is 0 Å². The highest BCUT2D eigenvalue weighted by atomic mass is 16.6. The Kier molecular flexibility index (Phi) is 26.3. The monoisotopic (exact) mass is 1080 g/mol. The van der Waals surface area contributed by atoms with E-state index in [-0.39, 0.29) is 80.5 Å². The van der Waals surface area contributed by atoms with Crippen LogP contribution in [-0.2, 0) is 57.1 Å². The van der Waals surface area contributed by atoms with Gasteiger partial charge in [0.05, 0.1) is 50.8 Å². The second kappa shape index (κ2) is 31.5. The van der Waals surface area contributed by atoms with Crippen LogP contribution in [0.25, 0.3) is 0 Å². The first-order valence-corrected chi connectivity index (χ1v) is 28.8. The lowest BCUT2D eigenvalue weighted by atomic mass is 9.78. The Hall–Kier alpha value is -3.49. The van der Waals surface area contributed by atoms with Crippen LogP contribution in [0.4, 0.5) is 0 Å². The van der Waals surface area contributed by atoms with E-state index >= 15 is 0 Å². The number of aliphatic hydroxyl groups is 3. The van der Waals surface area contributed by atoms with Gasteiger partial charge in [0, 0.05) is 77.1 Å². The van der Waals surface area contributed by atoms with Crippen LogP contribution in [0, 0.1) is 35.5 Å². The van der Waals surface area contributed by atoms with E-state index in [9.17, 15) is 39.3 Å². The van der Waals surface area contributed by atoms with Gasteiger partial charge in [-0.1, -0.05) is 71.1 Å². The highest BCUT2D eigenvalue weighted by Gasteiger charge is 2.53. The van der Waals surface area contributed by atoms with E-state index in [1.807, 2.05) is 58.1 Å². The van der Waals surface area contributed by atoms with Crippen molar-refractivity contribution in [3.63, 3.8) is 0 Å². The molecule has 4 heterocycles. The molecule has 5 aliphatic rings. The first kappa shape index (κ1) is 64.3. The number of amides is 1. The Morgan fingerprint density at radius 3 is 2.32 bits per heavy atom. The number of aliphatic hydroxyl groups excluding tert-OH is 2. The minimum atomic E-state index is -2.48. The van der Waals surface area contributed by atoms with Crippen LogP contribution < -0.4 is 0 Å². The first-order valence-electron chi connectivity index (χ1n) is 28.8. The zero-order valence-electron chi connectivity index (χ0n) is 48.1. The lowest BCUT2D eigenvalue weighted by Crippen LogP contribution is -2.61. The van der Waals surface area contributed by atoms with Crippen molar-refractivity contribution in [1.29, 1.82) is 0 Å². The third kappa shape index (κ3) is 18.3. The summed E-state index contributed by atoms with van der Waals surface area (Å²) < 4.78 is 42.3. The Morgan fingerprint density at radius 2 is 1.61 bits per heavy atom. The van der Waals surface area contributed by atoms with Crippen LogP contribution >= 0.6 is 0 Å². The van der Waals surface area contributed by atoms with Gasteiger partial charge in [-0.25, -0.2) is 4.79 Å². The van der Waals surface area contributed by atoms with Gasteiger partial charge in [-0.3, -0.25) is 24.1 Å². The zero-order chi connectivity index (χ0) is 56.4. The van der Waals surface area contributed by atoms with Crippen LogP contribution in [0.3, 0.4) is 0 Å². The number of allylic oxidation sites excluding steroid dienone is 6. The number of carbonyl (C=O) groups is 5. The molecule has 436 valence electrons. The van der Waals surface area contributed by atoms with Gasteiger partial charge in [0.25, 0.3) is 11.7 Å². The van der Waals surface area contributed by atoms with E-state index in [2.05, 4.69) is 11.8 Å². The van der Waals surface area contributed by atoms with E-state index in [0.717, 1.165) is 51.1 Å². The SMILES string of the molecule is CO[C@@H]1C[C@H](C[C@@H](C)[C@@H]2CC(=O)[C@H](C)/C=C(\C)[C@@H](O)[C@@H](OC)C(=O)[C@H](C)C[C@H](C)/C=C/C=C/C=C(\C)[C@@H](OCCO)C[C@@H]3CC[C@@H](C)[C@@](O)(O3)C(=O)C(=O)N3CCCC[C@H]3C(=O)O2)CC[C@H]1OCCCN1CCOC[C@@H]1C. The smallest absolute Gasteiger partial charge is 0.329 e. The summed E-state index contributed by atoms with van der Waals surface area (Å²) in [4.78, 5) is 75.4. The molecular weight excluding hydrogens is 989 g/mol. The number of nitrogens with zero attached hydrogens (tertiary/aromatic N) is 2. The van der Waals surface area contributed by atoms with Crippen LogP contribution in [0.15, 0.2) is 47.6 Å². The van der Waals surface area contributed by atoms with Gasteiger partial charge >= 0.3 is 5.97 Å². The van der Waals surface area contributed by atoms with Crippen molar-refractivity contribution in [2.24, 2.45) is 35.5 Å². The van der Waals surface area contributed by atoms with E-state index < -0.39 is 77.8 Å². The van der Waals surface area contributed by atoms with Crippen LogP contribution in [0.5, 0.6) is 0 Å². The fraction of sp³-hybridized carbons (Fsp3) is 0.783. The highest BCUT2D eigenvalue weighted by molar-refractivity contribution is 6.39. The number of fused-ring (bicyclic) bond motifs is 3. The molecule has 0 aromatic heterocycles. The lowest BCUT2D eigenvalue weighted by molar-refractivity contribution is -0.266. The van der Waals surface area contributed by atoms with Crippen molar-refractivity contribution >= 4 is 29.2 Å². The quantitative estimate of drug-likeness (QED) is 0.0759. The Morgan fingerprint density at radius 1 is 0.844 bits per heavy atom. The molecule has 4 aliphatic heterocycles. The van der Waals surface area contributed by atoms with Gasteiger partial charge in [0.1, 0.15) is 30.1 Å². The van der Waals surface area contributed by atoms with Gasteiger partial charge in [-0.15, -0.1) is 0 Å². The second-order valence-electron chi connectivity index (χ2n) is 23.1. The fourth-order valence-electron chi connectivity index (χ4n) is 12.0. The van der Waals surface area contributed by atoms with Gasteiger partial charge < -0.3 is 53.4 Å². The molecule has 2 bridgehead atoms. The number of morpholine rings is 1. The minimum absolute atomic E-state index is 0.0100. The molecule has 77 heavy (non-hydrogen) atoms. The van der Waals surface area contributed by atoms with Crippen LogP contribution in [-0.4, -0.2) is 182 Å². The number of ketones is 3. The van der Waals surface area contributed by atoms with Gasteiger partial charge in [-0.05, 0) is 120 Å². The molecular formula is C60H96N2O15. The molecule has 16 atom stereocenters. The number of rotatable bonds is 13. The molecule has 1 aliphatic carbocycles. The Balaban J connectivity index is 1.41. The summed E-state index contributed by atoms with van der Waals surface area (Å²) >= 11 is 0. The maximum Gasteiger partial charge on any atom is 0.329 e. The summed E-state index contributed by atoms with van der Waals surface area (Å²) in [5, 5.41) is 33.4. The summed E-state index contributed by atoms with van der Waals surface area (Å²) in [6.07, 6.45) is 12.7. The van der Waals surface area contributed by atoms with Crippen molar-refractivity contribution in [2.75, 3.05) is 66.9 Å². The van der Waals surface area contributed by atoms with Crippen molar-refractivity contribution in [2.45, 2.75) is 199 Å². The normalized spacial score (nSPS) is 38.4. The molecule has 1 saturated carbocycles. The summed E-state index contributed by atoms with van der Waals surface area (Å²) in [7, 11) is 3.09. The molecule has 4 fully saturated rings. The van der Waals surface area contributed by atoms with Crippen LogP contribution in [0.1, 0.15) is 139 Å². The van der Waals surface area contributed by atoms with Gasteiger partial charge in [0.15, 0.2) is 5.78 Å². The fourth-order valence-corrected chi connectivity index (χ4v) is 12.0. The van der Waals surface area contributed by atoms with Gasteiger partial charge in [-0.2, -0.15) is 0 Å². The molecule has 17 nitrogen and oxygen atoms in total. The average molecular weight is 1090 g/mol. The predicted octanol–water partition coefficient (Wildman–Crippen LogP) is 6.68. The van der Waals surface area contributed by atoms with Crippen molar-refractivity contribution in [3.05, 3.63) is 47.6 Å². The molecule has 3 N–H and O–H groups in total. The zero-order valence-corrected chi connectivity index (χ0v) is 48.1. The topological polar surface area (TPSA) is 217 Å². The van der Waals surface area contributed by atoms with E-state index in [4.69, 9.17) is 33.2 Å². The minimum Gasteiger partial charge on any atom is -0.460 e. The summed E-state index contributed by atoms with van der Waals surface area (Å²) in [6, 6.07) is -0.783. The van der Waals surface area contributed by atoms with E-state index in [1.165, 1.54) is 12.0 Å². The largest absolute Gasteiger partial charge is 0.460 e. The predicted molar refractivity (Wildman–Crippen MR) is 291 cm³/mol. The van der Waals surface area contributed by atoms with E-state index in [1.54, 1.807) is 34.0 Å². The Labute approximate surface area is 459 Å². The number of piperidine rings is 1. The summed E-state index contributed by atoms with van der Waals surface area (Å²) in [5.74, 6) is -8.09. The number of methoxy groups -OCH3 is 2. The molecule has 17 heteroatoms. The second-order valence-corrected chi connectivity index (χ2v) is 23.1. The third-order valence-corrected chi connectivity index (χ3v) is 17.0. The van der Waals surface area contributed by atoms with Gasteiger partial charge in [0.2, 0.25) is 5.79 Å². The number of esters is 1. The number of hydrogen-bond acceptors (Lipinski definition) is 16. The average Bonchev–Trinajstić information content (AvgIpc) is 3.41. The number of Topliss-reactive ketones (excluding diaryl/α,β-unsaturated/α-hetero) is 3. The maximum atomic E-state index is 14.6. The molecule has 0 aromatic rings. The number of cyclic esters (lactones) is 1. The standard InChI is InChI=1S/C60H96N2O15/c1-38-17-12-11-13-18-39(2)51(75-30-27-63)35-47-22-20-44(7)60(70,77-47)57(67)58(68)62-25-15-14-19-48(62)59(69)76-52(36-49(64)40(3)32-43(6)55(66)56(72-10)54(65)42(5)31-38)41(4)33-46-21-23-50(53(34-46)71-9)74-28-16-24-61-26-29-73-37-45(61)8/h11-13,17-18,32,38,40-42,44-48,50-53,55-56,63,66,70H,14-16,19-31,33-37H2,1-10H3/b13-11+,17-12+,39-18+,43-32+/t38-,40-,41-,42-,44-,45+,46+,47+,48+,50-,51+,52+,53-,55-,56+,60-/m1/s1. The molecule has 0 radical (unpaired) electrons. The summed E-state index contributed by atoms with van der Waals surface area (Å²) in [5.41, 5.74) is 1.19. The first-order chi connectivity index (χ1) is 36.7. The highest BCUT2D eigenvalue weighted by Crippen LogP contribution is 2.38. The molecule has 1 amide bonds. The number of hydrogen-bond donors (Lipinski definition) is 3. The molecule has 0 unspecified atom stereocenters.